The zero-order valence-electron chi connectivity index (χ0n) is 46.9. The van der Waals surface area contributed by atoms with Gasteiger partial charge in [-0.25, -0.2) is 0 Å². The maximum Gasteiger partial charge on any atom is 0.306 e. The number of ether oxygens (including phenoxy) is 3. The van der Waals surface area contributed by atoms with Crippen LogP contribution in [0.3, 0.4) is 0 Å². The van der Waals surface area contributed by atoms with Gasteiger partial charge in [0.25, 0.3) is 0 Å². The van der Waals surface area contributed by atoms with Crippen LogP contribution in [0.5, 0.6) is 0 Å². The number of allylic oxidation sites excluding steroid dienone is 18. The lowest BCUT2D eigenvalue weighted by atomic mass is 10.0. The molecule has 0 amide bonds. The summed E-state index contributed by atoms with van der Waals surface area (Å²) in [6.45, 7) is 6.38. The first-order valence-electron chi connectivity index (χ1n) is 29.9. The molecule has 0 radical (unpaired) electrons. The van der Waals surface area contributed by atoms with Gasteiger partial charge >= 0.3 is 17.9 Å². The molecule has 6 heteroatoms. The second-order valence-electron chi connectivity index (χ2n) is 19.5. The Morgan fingerprint density at radius 2 is 0.542 bits per heavy atom. The van der Waals surface area contributed by atoms with Gasteiger partial charge in [0.05, 0.1) is 0 Å². The Balaban J connectivity index is 4.25. The fourth-order valence-electron chi connectivity index (χ4n) is 8.11. The molecule has 0 aliphatic carbocycles. The number of hydrogen-bond donors (Lipinski definition) is 0. The van der Waals surface area contributed by atoms with Crippen molar-refractivity contribution in [3.05, 3.63) is 109 Å². The van der Waals surface area contributed by atoms with E-state index in [1.54, 1.807) is 0 Å². The molecule has 0 aromatic heterocycles. The fraction of sp³-hybridized carbons (Fsp3) is 0.682. The van der Waals surface area contributed by atoms with Crippen LogP contribution in [0.15, 0.2) is 109 Å². The second kappa shape index (κ2) is 59.6. The Morgan fingerprint density at radius 3 is 0.861 bits per heavy atom. The van der Waals surface area contributed by atoms with Crippen LogP contribution in [0.4, 0.5) is 0 Å². The molecule has 0 fully saturated rings. The van der Waals surface area contributed by atoms with Crippen molar-refractivity contribution < 1.29 is 28.6 Å². The van der Waals surface area contributed by atoms with Gasteiger partial charge in [0.1, 0.15) is 13.2 Å². The first-order chi connectivity index (χ1) is 35.5. The van der Waals surface area contributed by atoms with Gasteiger partial charge in [0.2, 0.25) is 0 Å². The summed E-state index contributed by atoms with van der Waals surface area (Å²) in [5.74, 6) is -0.922. The molecule has 6 nitrogen and oxygen atoms in total. The van der Waals surface area contributed by atoms with E-state index in [0.29, 0.717) is 19.3 Å². The third-order valence-corrected chi connectivity index (χ3v) is 12.5. The molecule has 0 aliphatic heterocycles. The van der Waals surface area contributed by atoms with E-state index in [9.17, 15) is 14.4 Å². The van der Waals surface area contributed by atoms with Crippen molar-refractivity contribution in [3.8, 4) is 0 Å². The van der Waals surface area contributed by atoms with E-state index in [0.717, 1.165) is 122 Å². The number of rotatable bonds is 53. The lowest BCUT2D eigenvalue weighted by Gasteiger charge is -2.18. The van der Waals surface area contributed by atoms with Crippen molar-refractivity contribution >= 4 is 17.9 Å². The lowest BCUT2D eigenvalue weighted by Crippen LogP contribution is -2.30. The van der Waals surface area contributed by atoms with Crippen molar-refractivity contribution in [1.29, 1.82) is 0 Å². The highest BCUT2D eigenvalue weighted by molar-refractivity contribution is 5.71. The van der Waals surface area contributed by atoms with Gasteiger partial charge in [-0.2, -0.15) is 0 Å². The van der Waals surface area contributed by atoms with Gasteiger partial charge in [-0.05, 0) is 103 Å². The van der Waals surface area contributed by atoms with Crippen molar-refractivity contribution in [1.82, 2.24) is 0 Å². The number of unbranched alkanes of at least 4 members (excludes halogenated alkanes) is 24. The maximum absolute atomic E-state index is 12.8. The predicted octanol–water partition coefficient (Wildman–Crippen LogP) is 20.3. The molecule has 0 bridgehead atoms. The van der Waals surface area contributed by atoms with Gasteiger partial charge < -0.3 is 14.2 Å². The van der Waals surface area contributed by atoms with Gasteiger partial charge in [-0.1, -0.05) is 259 Å². The molecule has 1 unspecified atom stereocenters. The van der Waals surface area contributed by atoms with E-state index in [-0.39, 0.29) is 31.1 Å². The van der Waals surface area contributed by atoms with E-state index in [2.05, 4.69) is 130 Å². The Labute approximate surface area is 444 Å². The second-order valence-corrected chi connectivity index (χ2v) is 19.5. The molecule has 0 saturated carbocycles. The van der Waals surface area contributed by atoms with E-state index >= 15 is 0 Å². The predicted molar refractivity (Wildman–Crippen MR) is 311 cm³/mol. The highest BCUT2D eigenvalue weighted by Crippen LogP contribution is 2.15. The van der Waals surface area contributed by atoms with Crippen LogP contribution in [-0.4, -0.2) is 37.2 Å². The molecule has 0 aromatic rings. The summed E-state index contributed by atoms with van der Waals surface area (Å²) < 4.78 is 16.8. The van der Waals surface area contributed by atoms with E-state index in [1.807, 2.05) is 0 Å². The zero-order valence-corrected chi connectivity index (χ0v) is 46.9. The first kappa shape index (κ1) is 68.1. The highest BCUT2D eigenvalue weighted by atomic mass is 16.6. The van der Waals surface area contributed by atoms with Gasteiger partial charge in [0.15, 0.2) is 6.10 Å². The molecule has 410 valence electrons. The quantitative estimate of drug-likeness (QED) is 0.0261. The van der Waals surface area contributed by atoms with Crippen LogP contribution in [-0.2, 0) is 28.6 Å². The molecule has 0 spiro atoms. The Hall–Kier alpha value is -3.93. The molecule has 0 rings (SSSR count). The first-order valence-corrected chi connectivity index (χ1v) is 29.9. The standard InChI is InChI=1S/C66H110O6/c1-4-7-10-13-16-19-22-25-26-27-28-29-30-31-32-33-34-35-36-37-38-39-40-42-44-47-50-53-56-59-65(68)71-62-63(61-70-64(67)58-55-52-49-46-43-24-21-18-15-12-9-6-3)72-66(69)60-57-54-51-48-45-41-23-20-17-14-11-8-5-2/h7-8,10-11,16-17,19-20,25-26,28-29,31-32,34-35,41,45,63H,4-6,9,12-15,18,21-24,27,30,33,36-40,42-44,46-62H2,1-3H3/b10-7-,11-8-,19-16-,20-17-,26-25-,29-28-,32-31-,35-34-,45-41-. The molecule has 0 saturated heterocycles. The Kier molecular flexibility index (Phi) is 56.4. The minimum Gasteiger partial charge on any atom is -0.462 e. The van der Waals surface area contributed by atoms with Crippen LogP contribution in [0.2, 0.25) is 0 Å². The summed E-state index contributed by atoms with van der Waals surface area (Å²) in [6, 6.07) is 0. The van der Waals surface area contributed by atoms with Gasteiger partial charge in [-0.3, -0.25) is 14.4 Å². The summed E-state index contributed by atoms with van der Waals surface area (Å²) >= 11 is 0. The monoisotopic (exact) mass is 999 g/mol. The van der Waals surface area contributed by atoms with Gasteiger partial charge in [0, 0.05) is 19.3 Å². The van der Waals surface area contributed by atoms with Crippen molar-refractivity contribution in [2.75, 3.05) is 13.2 Å². The molecular formula is C66H110O6. The molecule has 72 heavy (non-hydrogen) atoms. The molecule has 0 heterocycles. The molecule has 0 aromatic carbocycles. The number of carbonyl (C=O) groups is 3. The van der Waals surface area contributed by atoms with E-state index < -0.39 is 6.10 Å². The van der Waals surface area contributed by atoms with Crippen LogP contribution in [0, 0.1) is 0 Å². The number of esters is 3. The topological polar surface area (TPSA) is 78.9 Å². The SMILES string of the molecule is CC/C=C\C/C=C\C/C=C\C/C=C\C/C=C\C/C=C\CCCCCCCCCCCCC(=O)OCC(COC(=O)CCCCCCCCCCCCCC)OC(=O)CCCCC/C=C\C/C=C\C/C=C\CC. The normalized spacial score (nSPS) is 12.9. The fourth-order valence-corrected chi connectivity index (χ4v) is 8.11. The largest absolute Gasteiger partial charge is 0.462 e. The number of carbonyl (C=O) groups excluding carboxylic acids is 3. The summed E-state index contributed by atoms with van der Waals surface area (Å²) in [5, 5.41) is 0. The van der Waals surface area contributed by atoms with Crippen LogP contribution in [0.1, 0.15) is 271 Å². The smallest absolute Gasteiger partial charge is 0.306 e. The average molecular weight is 1000 g/mol. The minimum absolute atomic E-state index is 0.0896. The Bertz CT molecular complexity index is 1470. The Morgan fingerprint density at radius 1 is 0.292 bits per heavy atom. The molecular weight excluding hydrogens is 889 g/mol. The van der Waals surface area contributed by atoms with E-state index in [4.69, 9.17) is 14.2 Å². The van der Waals surface area contributed by atoms with E-state index in [1.165, 1.54) is 109 Å². The molecule has 0 N–H and O–H groups in total. The van der Waals surface area contributed by atoms with Crippen molar-refractivity contribution in [2.24, 2.45) is 0 Å². The minimum atomic E-state index is -0.794. The van der Waals surface area contributed by atoms with Crippen LogP contribution >= 0.6 is 0 Å². The van der Waals surface area contributed by atoms with Crippen LogP contribution < -0.4 is 0 Å². The zero-order chi connectivity index (χ0) is 52.2. The lowest BCUT2D eigenvalue weighted by molar-refractivity contribution is -0.167. The molecule has 0 aliphatic rings. The third-order valence-electron chi connectivity index (χ3n) is 12.5. The summed E-state index contributed by atoms with van der Waals surface area (Å²) in [4.78, 5) is 38.1. The summed E-state index contributed by atoms with van der Waals surface area (Å²) in [6.07, 6.45) is 80.9. The third kappa shape index (κ3) is 57.0. The van der Waals surface area contributed by atoms with Crippen LogP contribution in [0.25, 0.3) is 0 Å². The highest BCUT2D eigenvalue weighted by Gasteiger charge is 2.19. The molecule has 1 atom stereocenters. The van der Waals surface area contributed by atoms with Crippen molar-refractivity contribution in [3.63, 3.8) is 0 Å². The summed E-state index contributed by atoms with van der Waals surface area (Å²) in [5.41, 5.74) is 0. The van der Waals surface area contributed by atoms with Gasteiger partial charge in [-0.15, -0.1) is 0 Å². The van der Waals surface area contributed by atoms with Crippen molar-refractivity contribution in [2.45, 2.75) is 277 Å². The summed E-state index contributed by atoms with van der Waals surface area (Å²) in [7, 11) is 0. The maximum atomic E-state index is 12.8. The number of hydrogen-bond acceptors (Lipinski definition) is 6. The average Bonchev–Trinajstić information content (AvgIpc) is 3.38.